The minimum Gasteiger partial charge on any atom is -0.396 e. The van der Waals surface area contributed by atoms with Crippen molar-refractivity contribution in [3.8, 4) is 0 Å². The van der Waals surface area contributed by atoms with Gasteiger partial charge in [-0.25, -0.2) is 8.78 Å². The molecule has 0 aliphatic heterocycles. The smallest absolute Gasteiger partial charge is 0.126 e. The first-order chi connectivity index (χ1) is 7.13. The number of hydrogen-bond acceptors (Lipinski definition) is 2. The molecule has 0 aromatic heterocycles. The third-order valence-corrected chi connectivity index (χ3v) is 3.24. The Labute approximate surface area is 86.7 Å². The van der Waals surface area contributed by atoms with Crippen molar-refractivity contribution in [2.24, 2.45) is 11.1 Å². The van der Waals surface area contributed by atoms with Gasteiger partial charge < -0.3 is 10.8 Å². The molecule has 15 heavy (non-hydrogen) atoms. The van der Waals surface area contributed by atoms with Crippen molar-refractivity contribution in [2.45, 2.75) is 12.3 Å². The molecule has 4 heteroatoms. The molecule has 82 valence electrons. The Morgan fingerprint density at radius 1 is 1.47 bits per heavy atom. The number of hydrogen-bond donors (Lipinski definition) is 2. The lowest BCUT2D eigenvalue weighted by Crippen LogP contribution is -2.21. The highest BCUT2D eigenvalue weighted by Gasteiger charge is 2.54. The van der Waals surface area contributed by atoms with E-state index in [1.165, 1.54) is 6.07 Å². The topological polar surface area (TPSA) is 46.2 Å². The maximum Gasteiger partial charge on any atom is 0.126 e. The summed E-state index contributed by atoms with van der Waals surface area (Å²) in [4.78, 5) is 0. The Hall–Kier alpha value is -1.00. The van der Waals surface area contributed by atoms with Gasteiger partial charge in [-0.1, -0.05) is 0 Å². The fraction of sp³-hybridized carbons (Fsp3) is 0.455. The summed E-state index contributed by atoms with van der Waals surface area (Å²) in [5, 5.41) is 9.15. The van der Waals surface area contributed by atoms with Gasteiger partial charge in [0.15, 0.2) is 0 Å². The molecule has 1 aromatic carbocycles. The highest BCUT2D eigenvalue weighted by atomic mass is 19.1. The van der Waals surface area contributed by atoms with Crippen molar-refractivity contribution in [3.05, 3.63) is 35.4 Å². The number of nitrogens with two attached hydrogens (primary N) is 1. The van der Waals surface area contributed by atoms with Crippen LogP contribution < -0.4 is 5.73 Å². The molecule has 2 atom stereocenters. The van der Waals surface area contributed by atoms with Gasteiger partial charge >= 0.3 is 0 Å². The van der Waals surface area contributed by atoms with Gasteiger partial charge in [0.2, 0.25) is 0 Å². The van der Waals surface area contributed by atoms with Crippen molar-refractivity contribution < 1.29 is 13.9 Å². The quantitative estimate of drug-likeness (QED) is 0.797. The number of aliphatic hydroxyl groups excluding tert-OH is 1. The third kappa shape index (κ3) is 1.64. The number of halogens is 2. The molecule has 1 aliphatic rings. The van der Waals surface area contributed by atoms with Crippen LogP contribution in [0.2, 0.25) is 0 Å². The Morgan fingerprint density at radius 3 is 2.73 bits per heavy atom. The van der Waals surface area contributed by atoms with Gasteiger partial charge in [-0.3, -0.25) is 0 Å². The van der Waals surface area contributed by atoms with Crippen molar-refractivity contribution in [1.29, 1.82) is 0 Å². The van der Waals surface area contributed by atoms with E-state index in [4.69, 9.17) is 10.8 Å². The summed E-state index contributed by atoms with van der Waals surface area (Å²) in [6, 6.07) is 3.39. The lowest BCUT2D eigenvalue weighted by atomic mass is 9.99. The van der Waals surface area contributed by atoms with Gasteiger partial charge in [0.1, 0.15) is 11.6 Å². The number of benzene rings is 1. The maximum atomic E-state index is 13.4. The molecule has 1 saturated carbocycles. The summed E-state index contributed by atoms with van der Waals surface area (Å²) in [6.07, 6.45) is 0.625. The molecule has 1 aliphatic carbocycles. The second-order valence-corrected chi connectivity index (χ2v) is 4.15. The summed E-state index contributed by atoms with van der Waals surface area (Å²) in [7, 11) is 0. The molecule has 3 N–H and O–H groups in total. The monoisotopic (exact) mass is 213 g/mol. The minimum absolute atomic E-state index is 0.0792. The van der Waals surface area contributed by atoms with Crippen LogP contribution in [0.25, 0.3) is 0 Å². The predicted molar refractivity (Wildman–Crippen MR) is 52.3 cm³/mol. The number of aliphatic hydroxyl groups is 1. The van der Waals surface area contributed by atoms with E-state index in [-0.39, 0.29) is 12.5 Å². The average Bonchev–Trinajstić information content (AvgIpc) is 2.97. The first kappa shape index (κ1) is 10.5. The van der Waals surface area contributed by atoms with Crippen LogP contribution in [-0.2, 0) is 0 Å². The highest BCUT2D eigenvalue weighted by molar-refractivity contribution is 5.32. The van der Waals surface area contributed by atoms with Crippen LogP contribution in [0.5, 0.6) is 0 Å². The van der Waals surface area contributed by atoms with E-state index in [0.29, 0.717) is 18.5 Å². The minimum atomic E-state index is -0.456. The van der Waals surface area contributed by atoms with Crippen molar-refractivity contribution in [3.63, 3.8) is 0 Å². The van der Waals surface area contributed by atoms with Crippen molar-refractivity contribution >= 4 is 0 Å². The molecule has 0 bridgehead atoms. The van der Waals surface area contributed by atoms with Crippen LogP contribution in [-0.4, -0.2) is 18.3 Å². The third-order valence-electron chi connectivity index (χ3n) is 3.24. The predicted octanol–water partition coefficient (Wildman–Crippen LogP) is 1.39. The van der Waals surface area contributed by atoms with Crippen LogP contribution in [0, 0.1) is 17.0 Å². The molecule has 0 saturated heterocycles. The van der Waals surface area contributed by atoms with Crippen LogP contribution in [0.3, 0.4) is 0 Å². The van der Waals surface area contributed by atoms with E-state index in [9.17, 15) is 8.78 Å². The Bertz CT molecular complexity index is 377. The molecule has 2 unspecified atom stereocenters. The lowest BCUT2D eigenvalue weighted by Gasteiger charge is -2.11. The van der Waals surface area contributed by atoms with Crippen LogP contribution in [0.15, 0.2) is 18.2 Å². The largest absolute Gasteiger partial charge is 0.396 e. The second-order valence-electron chi connectivity index (χ2n) is 4.15. The Balaban J connectivity index is 2.29. The van der Waals surface area contributed by atoms with Gasteiger partial charge in [0, 0.05) is 12.0 Å². The van der Waals surface area contributed by atoms with Crippen molar-refractivity contribution in [1.82, 2.24) is 0 Å². The van der Waals surface area contributed by atoms with Crippen LogP contribution >= 0.6 is 0 Å². The molecule has 1 fully saturated rings. The molecule has 2 rings (SSSR count). The van der Waals surface area contributed by atoms with Crippen LogP contribution in [0.4, 0.5) is 8.78 Å². The number of rotatable bonds is 3. The molecule has 0 heterocycles. The van der Waals surface area contributed by atoms with E-state index >= 15 is 0 Å². The summed E-state index contributed by atoms with van der Waals surface area (Å²) in [5.41, 5.74) is 5.41. The van der Waals surface area contributed by atoms with Gasteiger partial charge in [0.05, 0.1) is 6.61 Å². The molecular weight excluding hydrogens is 200 g/mol. The SMILES string of the molecule is NCC1(CO)CC1c1cc(F)ccc1F. The first-order valence-corrected chi connectivity index (χ1v) is 4.89. The average molecular weight is 213 g/mol. The van der Waals surface area contributed by atoms with E-state index < -0.39 is 17.0 Å². The highest BCUT2D eigenvalue weighted by Crippen LogP contribution is 2.58. The first-order valence-electron chi connectivity index (χ1n) is 4.89. The fourth-order valence-electron chi connectivity index (χ4n) is 2.03. The molecule has 2 nitrogen and oxygen atoms in total. The summed E-state index contributed by atoms with van der Waals surface area (Å²) >= 11 is 0. The van der Waals surface area contributed by atoms with E-state index in [2.05, 4.69) is 0 Å². The standard InChI is InChI=1S/C11H13F2NO/c12-7-1-2-10(13)8(3-7)9-4-11(9,5-14)6-15/h1-3,9,15H,4-6,14H2. The molecule has 1 aromatic rings. The summed E-state index contributed by atoms with van der Waals surface area (Å²) in [5.74, 6) is -1.03. The van der Waals surface area contributed by atoms with Gasteiger partial charge in [-0.2, -0.15) is 0 Å². The molecule has 0 radical (unpaired) electrons. The van der Waals surface area contributed by atoms with E-state index in [1.807, 2.05) is 0 Å². The molecular formula is C11H13F2NO. The summed E-state index contributed by atoms with van der Waals surface area (Å²) in [6.45, 7) is 0.217. The Kier molecular flexibility index (Phi) is 2.48. The normalized spacial score (nSPS) is 29.2. The maximum absolute atomic E-state index is 13.4. The molecule has 0 spiro atoms. The summed E-state index contributed by atoms with van der Waals surface area (Å²) < 4.78 is 26.3. The lowest BCUT2D eigenvalue weighted by molar-refractivity contribution is 0.211. The zero-order valence-corrected chi connectivity index (χ0v) is 8.21. The molecule has 0 amide bonds. The Morgan fingerprint density at radius 2 is 2.20 bits per heavy atom. The van der Waals surface area contributed by atoms with E-state index in [1.54, 1.807) is 0 Å². The van der Waals surface area contributed by atoms with Crippen molar-refractivity contribution in [2.75, 3.05) is 13.2 Å². The zero-order valence-electron chi connectivity index (χ0n) is 8.21. The van der Waals surface area contributed by atoms with E-state index in [0.717, 1.165) is 12.1 Å². The van der Waals surface area contributed by atoms with Gasteiger partial charge in [-0.15, -0.1) is 0 Å². The fourth-order valence-corrected chi connectivity index (χ4v) is 2.03. The van der Waals surface area contributed by atoms with Crippen LogP contribution in [0.1, 0.15) is 17.9 Å². The van der Waals surface area contributed by atoms with Gasteiger partial charge in [0.25, 0.3) is 0 Å². The second kappa shape index (κ2) is 3.54. The van der Waals surface area contributed by atoms with Gasteiger partial charge in [-0.05, 0) is 36.1 Å². The zero-order chi connectivity index (χ0) is 11.1.